The van der Waals surface area contributed by atoms with Gasteiger partial charge in [-0.2, -0.15) is 9.61 Å². The Labute approximate surface area is 162 Å². The highest BCUT2D eigenvalue weighted by atomic mass is 19.1. The van der Waals surface area contributed by atoms with Crippen LogP contribution in [0, 0.1) is 18.6 Å². The number of benzene rings is 2. The third-order valence-corrected chi connectivity index (χ3v) is 4.19. The molecule has 0 fully saturated rings. The quantitative estimate of drug-likeness (QED) is 0.512. The van der Waals surface area contributed by atoms with E-state index in [9.17, 15) is 13.6 Å². The number of nitrogens with zero attached hydrogens (tertiary/aromatic N) is 4. The largest absolute Gasteiger partial charge is 0.454 e. The molecule has 2 heterocycles. The lowest BCUT2D eigenvalue weighted by atomic mass is 10.1. The Morgan fingerprint density at radius 2 is 1.83 bits per heavy atom. The maximum atomic E-state index is 14.1. The summed E-state index contributed by atoms with van der Waals surface area (Å²) < 4.78 is 34.2. The van der Waals surface area contributed by atoms with Crippen LogP contribution in [0.5, 0.6) is 11.5 Å². The zero-order valence-corrected chi connectivity index (χ0v) is 15.1. The van der Waals surface area contributed by atoms with Gasteiger partial charge in [-0.05, 0) is 43.3 Å². The molecule has 2 aromatic carbocycles. The fourth-order valence-corrected chi connectivity index (χ4v) is 2.81. The normalized spacial score (nSPS) is 11.0. The summed E-state index contributed by atoms with van der Waals surface area (Å²) in [6.07, 6.45) is 0. The molecule has 0 bridgehead atoms. The molecule has 4 N–H and O–H groups in total. The summed E-state index contributed by atoms with van der Waals surface area (Å²) in [5.41, 5.74) is 12.7. The number of primary amides is 1. The fraction of sp³-hybridized carbons (Fsp3) is 0.0526. The molecule has 0 atom stereocenters. The summed E-state index contributed by atoms with van der Waals surface area (Å²) >= 11 is 0. The van der Waals surface area contributed by atoms with Gasteiger partial charge in [-0.3, -0.25) is 4.79 Å². The number of rotatable bonds is 4. The number of hydrogen-bond acceptors (Lipinski definition) is 6. The zero-order valence-electron chi connectivity index (χ0n) is 15.1. The van der Waals surface area contributed by atoms with E-state index in [1.165, 1.54) is 22.7 Å². The predicted octanol–water partition coefficient (Wildman–Crippen LogP) is 2.85. The van der Waals surface area contributed by atoms with Crippen molar-refractivity contribution in [3.8, 4) is 22.8 Å². The second-order valence-electron chi connectivity index (χ2n) is 6.22. The molecule has 8 nitrogen and oxygen atoms in total. The lowest BCUT2D eigenvalue weighted by Crippen LogP contribution is -2.14. The fourth-order valence-electron chi connectivity index (χ4n) is 2.81. The Morgan fingerprint density at radius 1 is 1.07 bits per heavy atom. The number of anilines is 1. The molecule has 0 aliphatic carbocycles. The molecular weight excluding hydrogens is 382 g/mol. The Bertz CT molecular complexity index is 1270. The predicted molar refractivity (Wildman–Crippen MR) is 100 cm³/mol. The number of amides is 1. The molecule has 0 spiro atoms. The van der Waals surface area contributed by atoms with Crippen LogP contribution in [0.15, 0.2) is 42.5 Å². The van der Waals surface area contributed by atoms with Gasteiger partial charge in [0.1, 0.15) is 11.6 Å². The second kappa shape index (κ2) is 6.82. The lowest BCUT2D eigenvalue weighted by molar-refractivity contribution is 0.100. The molecule has 146 valence electrons. The van der Waals surface area contributed by atoms with E-state index < -0.39 is 17.5 Å². The van der Waals surface area contributed by atoms with Crippen LogP contribution in [0.3, 0.4) is 0 Å². The number of aromatic nitrogens is 4. The van der Waals surface area contributed by atoms with Gasteiger partial charge < -0.3 is 16.2 Å². The van der Waals surface area contributed by atoms with Gasteiger partial charge in [0.25, 0.3) is 5.91 Å². The minimum atomic E-state index is -0.872. The topological polar surface area (TPSA) is 121 Å². The van der Waals surface area contributed by atoms with E-state index in [2.05, 4.69) is 15.3 Å². The molecule has 0 aliphatic heterocycles. The zero-order chi connectivity index (χ0) is 20.7. The van der Waals surface area contributed by atoms with E-state index in [4.69, 9.17) is 16.2 Å². The Kier molecular flexibility index (Phi) is 4.30. The van der Waals surface area contributed by atoms with Gasteiger partial charge >= 0.3 is 0 Å². The molecule has 0 aliphatic rings. The van der Waals surface area contributed by atoms with Crippen molar-refractivity contribution in [3.05, 3.63) is 65.5 Å². The molecular formula is C19H14F2N6O2. The van der Waals surface area contributed by atoms with E-state index in [1.54, 1.807) is 19.1 Å². The van der Waals surface area contributed by atoms with Crippen molar-refractivity contribution in [3.63, 3.8) is 0 Å². The van der Waals surface area contributed by atoms with Gasteiger partial charge in [0, 0.05) is 17.3 Å². The molecule has 0 saturated heterocycles. The summed E-state index contributed by atoms with van der Waals surface area (Å²) in [6, 6.07) is 9.00. The van der Waals surface area contributed by atoms with Crippen LogP contribution in [0.2, 0.25) is 0 Å². The third-order valence-electron chi connectivity index (χ3n) is 4.19. The number of ether oxygens (including phenoxy) is 1. The maximum absolute atomic E-state index is 14.1. The molecule has 1 amide bonds. The molecule has 4 aromatic rings. The monoisotopic (exact) mass is 396 g/mol. The molecule has 0 unspecified atom stereocenters. The van der Waals surface area contributed by atoms with Crippen molar-refractivity contribution in [2.45, 2.75) is 6.92 Å². The van der Waals surface area contributed by atoms with Gasteiger partial charge in [-0.1, -0.05) is 0 Å². The van der Waals surface area contributed by atoms with Crippen molar-refractivity contribution in [2.24, 2.45) is 5.73 Å². The van der Waals surface area contributed by atoms with Crippen molar-refractivity contribution in [2.75, 3.05) is 5.73 Å². The summed E-state index contributed by atoms with van der Waals surface area (Å²) in [5, 5.41) is 12.2. The molecule has 0 radical (unpaired) electrons. The van der Waals surface area contributed by atoms with Gasteiger partial charge in [0.05, 0.1) is 11.3 Å². The van der Waals surface area contributed by atoms with Gasteiger partial charge in [0.15, 0.2) is 23.0 Å². The number of fused-ring (bicyclic) bond motifs is 1. The van der Waals surface area contributed by atoms with Crippen LogP contribution < -0.4 is 16.2 Å². The van der Waals surface area contributed by atoms with Crippen LogP contribution in [0.25, 0.3) is 16.9 Å². The number of carbonyl (C=O) groups excluding carboxylic acids is 1. The molecule has 2 aromatic heterocycles. The van der Waals surface area contributed by atoms with Crippen LogP contribution in [-0.2, 0) is 0 Å². The number of halogens is 2. The van der Waals surface area contributed by atoms with Gasteiger partial charge in [0.2, 0.25) is 0 Å². The van der Waals surface area contributed by atoms with Crippen LogP contribution >= 0.6 is 0 Å². The number of carbonyl (C=O) groups is 1. The van der Waals surface area contributed by atoms with Crippen molar-refractivity contribution >= 4 is 17.2 Å². The van der Waals surface area contributed by atoms with Crippen LogP contribution in [-0.4, -0.2) is 25.7 Å². The smallest absolute Gasteiger partial charge is 0.252 e. The molecule has 29 heavy (non-hydrogen) atoms. The standard InChI is InChI=1S/C19H14F2N6O2/c1-9-24-25-19-13(18(23)28)8-15(26-27(9)19)12-7-11(22)3-5-16(12)29-17-4-2-10(20)6-14(17)21/h2-8H,22H2,1H3,(H2,23,28). The Hall–Kier alpha value is -4.08. The SMILES string of the molecule is Cc1nnc2c(C(N)=O)cc(-c3cc(N)ccc3Oc3ccc(F)cc3F)nn12. The van der Waals surface area contributed by atoms with Crippen molar-refractivity contribution in [1.82, 2.24) is 19.8 Å². The number of nitrogens with two attached hydrogens (primary N) is 2. The highest BCUT2D eigenvalue weighted by molar-refractivity contribution is 5.99. The summed E-state index contributed by atoms with van der Waals surface area (Å²) in [7, 11) is 0. The summed E-state index contributed by atoms with van der Waals surface area (Å²) in [6.45, 7) is 1.66. The van der Waals surface area contributed by atoms with Crippen LogP contribution in [0.4, 0.5) is 14.5 Å². The second-order valence-corrected chi connectivity index (χ2v) is 6.22. The number of hydrogen-bond donors (Lipinski definition) is 2. The van der Waals surface area contributed by atoms with E-state index in [-0.39, 0.29) is 28.4 Å². The summed E-state index contributed by atoms with van der Waals surface area (Å²) in [5.74, 6) is -1.88. The Balaban J connectivity index is 1.90. The first-order valence-electron chi connectivity index (χ1n) is 8.39. The van der Waals surface area contributed by atoms with E-state index >= 15 is 0 Å². The van der Waals surface area contributed by atoms with Gasteiger partial charge in [-0.25, -0.2) is 8.78 Å². The minimum absolute atomic E-state index is 0.0944. The average Bonchev–Trinajstić information content (AvgIpc) is 3.05. The minimum Gasteiger partial charge on any atom is -0.454 e. The lowest BCUT2D eigenvalue weighted by Gasteiger charge is -2.13. The number of aryl methyl sites for hydroxylation is 1. The first-order valence-corrected chi connectivity index (χ1v) is 8.39. The summed E-state index contributed by atoms with van der Waals surface area (Å²) in [4.78, 5) is 11.9. The Morgan fingerprint density at radius 3 is 2.55 bits per heavy atom. The first kappa shape index (κ1) is 18.3. The van der Waals surface area contributed by atoms with Crippen molar-refractivity contribution in [1.29, 1.82) is 0 Å². The average molecular weight is 396 g/mol. The third kappa shape index (κ3) is 3.31. The first-order chi connectivity index (χ1) is 13.8. The van der Waals surface area contributed by atoms with Gasteiger partial charge in [-0.15, -0.1) is 10.2 Å². The van der Waals surface area contributed by atoms with Crippen LogP contribution in [0.1, 0.15) is 16.2 Å². The number of nitrogen functional groups attached to an aromatic ring is 1. The molecule has 4 rings (SSSR count). The van der Waals surface area contributed by atoms with E-state index in [0.29, 0.717) is 23.1 Å². The molecule has 10 heteroatoms. The van der Waals surface area contributed by atoms with E-state index in [0.717, 1.165) is 6.07 Å². The molecule has 0 saturated carbocycles. The maximum Gasteiger partial charge on any atom is 0.252 e. The van der Waals surface area contributed by atoms with Crippen molar-refractivity contribution < 1.29 is 18.3 Å². The highest BCUT2D eigenvalue weighted by Crippen LogP contribution is 2.35. The van der Waals surface area contributed by atoms with E-state index in [1.807, 2.05) is 0 Å². The highest BCUT2D eigenvalue weighted by Gasteiger charge is 2.19.